The van der Waals surface area contributed by atoms with E-state index in [9.17, 15) is 8.42 Å². The standard InChI is InChI=1S/C14H14BrNO4S/c1-9-7-11(4-6-14(9)21(16,17)18)20-13-5-3-10(19-2)8-12(13)15/h3-8H,1-2H3,(H2,16,17,18). The summed E-state index contributed by atoms with van der Waals surface area (Å²) in [7, 11) is -2.14. The van der Waals surface area contributed by atoms with Gasteiger partial charge >= 0.3 is 0 Å². The van der Waals surface area contributed by atoms with Gasteiger partial charge < -0.3 is 9.47 Å². The van der Waals surface area contributed by atoms with Gasteiger partial charge in [0.2, 0.25) is 10.0 Å². The average Bonchev–Trinajstić information content (AvgIpc) is 2.39. The van der Waals surface area contributed by atoms with E-state index in [0.29, 0.717) is 22.8 Å². The molecule has 0 bridgehead atoms. The molecule has 2 aromatic carbocycles. The van der Waals surface area contributed by atoms with Crippen LogP contribution in [0.3, 0.4) is 0 Å². The van der Waals surface area contributed by atoms with Gasteiger partial charge in [-0.2, -0.15) is 0 Å². The van der Waals surface area contributed by atoms with E-state index in [-0.39, 0.29) is 4.90 Å². The largest absolute Gasteiger partial charge is 0.497 e. The second kappa shape index (κ2) is 6.05. The minimum atomic E-state index is -3.72. The number of aryl methyl sites for hydroxylation is 1. The molecular formula is C14H14BrNO4S. The summed E-state index contributed by atoms with van der Waals surface area (Å²) in [5.41, 5.74) is 0.527. The minimum Gasteiger partial charge on any atom is -0.497 e. The van der Waals surface area contributed by atoms with Crippen molar-refractivity contribution < 1.29 is 17.9 Å². The van der Waals surface area contributed by atoms with Crippen LogP contribution in [0.5, 0.6) is 17.2 Å². The quantitative estimate of drug-likeness (QED) is 0.894. The van der Waals surface area contributed by atoms with Gasteiger partial charge in [0.05, 0.1) is 16.5 Å². The van der Waals surface area contributed by atoms with Crippen molar-refractivity contribution in [3.8, 4) is 17.2 Å². The van der Waals surface area contributed by atoms with Crippen LogP contribution in [-0.4, -0.2) is 15.5 Å². The van der Waals surface area contributed by atoms with Gasteiger partial charge in [-0.15, -0.1) is 0 Å². The molecule has 0 atom stereocenters. The van der Waals surface area contributed by atoms with E-state index in [1.165, 1.54) is 6.07 Å². The molecule has 0 aromatic heterocycles. The summed E-state index contributed by atoms with van der Waals surface area (Å²) in [5, 5.41) is 5.13. The molecule has 0 unspecified atom stereocenters. The average molecular weight is 372 g/mol. The molecule has 0 saturated carbocycles. The van der Waals surface area contributed by atoms with E-state index in [1.807, 2.05) is 0 Å². The Kier molecular flexibility index (Phi) is 4.55. The number of hydrogen-bond acceptors (Lipinski definition) is 4. The molecule has 5 nitrogen and oxygen atoms in total. The molecule has 2 rings (SSSR count). The second-order valence-corrected chi connectivity index (χ2v) is 6.75. The predicted octanol–water partition coefficient (Wildman–Crippen LogP) is 3.21. The Morgan fingerprint density at radius 2 is 1.76 bits per heavy atom. The number of nitrogens with two attached hydrogens (primary N) is 1. The first-order chi connectivity index (χ1) is 9.81. The molecule has 0 saturated heterocycles. The molecule has 112 valence electrons. The van der Waals surface area contributed by atoms with E-state index in [1.54, 1.807) is 44.4 Å². The highest BCUT2D eigenvalue weighted by Gasteiger charge is 2.12. The first kappa shape index (κ1) is 15.8. The van der Waals surface area contributed by atoms with Gasteiger partial charge in [0.25, 0.3) is 0 Å². The lowest BCUT2D eigenvalue weighted by molar-refractivity contribution is 0.412. The molecule has 7 heteroatoms. The molecule has 0 radical (unpaired) electrons. The first-order valence-corrected chi connectivity index (χ1v) is 8.30. The summed E-state index contributed by atoms with van der Waals surface area (Å²) >= 11 is 3.39. The van der Waals surface area contributed by atoms with Crippen molar-refractivity contribution in [2.45, 2.75) is 11.8 Å². The van der Waals surface area contributed by atoms with Crippen LogP contribution in [0, 0.1) is 6.92 Å². The molecule has 0 aliphatic heterocycles. The number of ether oxygens (including phenoxy) is 2. The number of rotatable bonds is 4. The predicted molar refractivity (Wildman–Crippen MR) is 83.3 cm³/mol. The zero-order chi connectivity index (χ0) is 15.6. The number of benzene rings is 2. The molecule has 0 aliphatic carbocycles. The fraction of sp³-hybridized carbons (Fsp3) is 0.143. The van der Waals surface area contributed by atoms with E-state index in [0.717, 1.165) is 4.47 Å². The topological polar surface area (TPSA) is 78.6 Å². The Labute approximate surface area is 131 Å². The van der Waals surface area contributed by atoms with E-state index in [2.05, 4.69) is 15.9 Å². The lowest BCUT2D eigenvalue weighted by Gasteiger charge is -2.11. The number of halogens is 1. The zero-order valence-corrected chi connectivity index (χ0v) is 13.9. The van der Waals surface area contributed by atoms with Crippen LogP contribution in [0.1, 0.15) is 5.56 Å². The molecule has 2 aromatic rings. The Hall–Kier alpha value is -1.57. The van der Waals surface area contributed by atoms with Gasteiger partial charge in [-0.1, -0.05) is 0 Å². The molecule has 0 aliphatic rings. The molecular weight excluding hydrogens is 358 g/mol. The van der Waals surface area contributed by atoms with Crippen LogP contribution in [-0.2, 0) is 10.0 Å². The number of methoxy groups -OCH3 is 1. The fourth-order valence-corrected chi connectivity index (χ4v) is 3.03. The van der Waals surface area contributed by atoms with E-state index >= 15 is 0 Å². The lowest BCUT2D eigenvalue weighted by atomic mass is 10.2. The molecule has 0 spiro atoms. The van der Waals surface area contributed by atoms with Crippen LogP contribution < -0.4 is 14.6 Å². The molecule has 0 fully saturated rings. The van der Waals surface area contributed by atoms with Crippen molar-refractivity contribution in [2.75, 3.05) is 7.11 Å². The van der Waals surface area contributed by atoms with E-state index in [4.69, 9.17) is 14.6 Å². The fourth-order valence-electron chi connectivity index (χ4n) is 1.82. The first-order valence-electron chi connectivity index (χ1n) is 5.96. The van der Waals surface area contributed by atoms with Gasteiger partial charge in [-0.3, -0.25) is 0 Å². The van der Waals surface area contributed by atoms with Gasteiger partial charge in [-0.25, -0.2) is 13.6 Å². The highest BCUT2D eigenvalue weighted by atomic mass is 79.9. The van der Waals surface area contributed by atoms with Crippen molar-refractivity contribution in [1.82, 2.24) is 0 Å². The summed E-state index contributed by atoms with van der Waals surface area (Å²) in [4.78, 5) is 0.0867. The molecule has 21 heavy (non-hydrogen) atoms. The SMILES string of the molecule is COc1ccc(Oc2ccc(S(N)(=O)=O)c(C)c2)c(Br)c1. The summed E-state index contributed by atoms with van der Waals surface area (Å²) in [6.07, 6.45) is 0. The van der Waals surface area contributed by atoms with Crippen molar-refractivity contribution in [2.24, 2.45) is 5.14 Å². The van der Waals surface area contributed by atoms with Crippen LogP contribution in [0.25, 0.3) is 0 Å². The number of hydrogen-bond donors (Lipinski definition) is 1. The van der Waals surface area contributed by atoms with Gasteiger partial charge in [0, 0.05) is 0 Å². The van der Waals surface area contributed by atoms with Gasteiger partial charge in [0.15, 0.2) is 0 Å². The third-order valence-electron chi connectivity index (χ3n) is 2.82. The number of sulfonamides is 1. The minimum absolute atomic E-state index is 0.0867. The Bertz CT molecular complexity index is 775. The summed E-state index contributed by atoms with van der Waals surface area (Å²) < 4.78 is 34.3. The third kappa shape index (κ3) is 3.75. The third-order valence-corrected chi connectivity index (χ3v) is 4.51. The number of primary sulfonamides is 1. The maximum absolute atomic E-state index is 11.4. The Morgan fingerprint density at radius 1 is 1.10 bits per heavy atom. The second-order valence-electron chi connectivity index (χ2n) is 4.37. The van der Waals surface area contributed by atoms with Crippen molar-refractivity contribution in [3.63, 3.8) is 0 Å². The Morgan fingerprint density at radius 3 is 2.29 bits per heavy atom. The van der Waals surface area contributed by atoms with Crippen molar-refractivity contribution in [3.05, 3.63) is 46.4 Å². The zero-order valence-electron chi connectivity index (χ0n) is 11.5. The van der Waals surface area contributed by atoms with Crippen LogP contribution in [0.2, 0.25) is 0 Å². The van der Waals surface area contributed by atoms with Crippen molar-refractivity contribution >= 4 is 26.0 Å². The summed E-state index contributed by atoms with van der Waals surface area (Å²) in [6, 6.07) is 9.91. The maximum atomic E-state index is 11.4. The highest BCUT2D eigenvalue weighted by molar-refractivity contribution is 9.10. The maximum Gasteiger partial charge on any atom is 0.238 e. The Balaban J connectivity index is 2.31. The van der Waals surface area contributed by atoms with Crippen LogP contribution >= 0.6 is 15.9 Å². The summed E-state index contributed by atoms with van der Waals surface area (Å²) in [6.45, 7) is 1.66. The normalized spacial score (nSPS) is 11.2. The van der Waals surface area contributed by atoms with E-state index < -0.39 is 10.0 Å². The van der Waals surface area contributed by atoms with Crippen molar-refractivity contribution in [1.29, 1.82) is 0 Å². The molecule has 0 heterocycles. The molecule has 0 amide bonds. The van der Waals surface area contributed by atoms with Gasteiger partial charge in [0.1, 0.15) is 17.2 Å². The lowest BCUT2D eigenvalue weighted by Crippen LogP contribution is -2.13. The molecule has 2 N–H and O–H groups in total. The monoisotopic (exact) mass is 371 g/mol. The summed E-state index contributed by atoms with van der Waals surface area (Å²) in [5.74, 6) is 1.82. The highest BCUT2D eigenvalue weighted by Crippen LogP contribution is 2.33. The smallest absolute Gasteiger partial charge is 0.238 e. The van der Waals surface area contributed by atoms with Gasteiger partial charge in [-0.05, 0) is 64.8 Å². The van der Waals surface area contributed by atoms with Crippen LogP contribution in [0.4, 0.5) is 0 Å². The van der Waals surface area contributed by atoms with Crippen LogP contribution in [0.15, 0.2) is 45.8 Å².